The van der Waals surface area contributed by atoms with Gasteiger partial charge in [0.15, 0.2) is 18.1 Å². The highest BCUT2D eigenvalue weighted by Crippen LogP contribution is 2.34. The molecule has 0 radical (unpaired) electrons. The number of hydrogen-bond donors (Lipinski definition) is 2. The van der Waals surface area contributed by atoms with Crippen molar-refractivity contribution in [1.29, 1.82) is 0 Å². The molecule has 3 aromatic carbocycles. The first kappa shape index (κ1) is 29.2. The van der Waals surface area contributed by atoms with Gasteiger partial charge in [0.05, 0.1) is 29.6 Å². The van der Waals surface area contributed by atoms with E-state index in [1.54, 1.807) is 67.6 Å². The monoisotopic (exact) mass is 577 g/mol. The van der Waals surface area contributed by atoms with Crippen molar-refractivity contribution < 1.29 is 33.4 Å². The van der Waals surface area contributed by atoms with Crippen molar-refractivity contribution in [2.24, 2.45) is 0 Å². The number of carbonyl (C=O) groups is 4. The fourth-order valence-electron chi connectivity index (χ4n) is 3.89. The van der Waals surface area contributed by atoms with Crippen LogP contribution in [0.25, 0.3) is 6.08 Å². The number of halogens is 1. The first-order valence-electron chi connectivity index (χ1n) is 12.9. The smallest absolute Gasteiger partial charge is 0.335 e. The Balaban J connectivity index is 1.52. The van der Waals surface area contributed by atoms with Gasteiger partial charge < -0.3 is 19.5 Å². The van der Waals surface area contributed by atoms with E-state index in [0.29, 0.717) is 46.7 Å². The third-order valence-electron chi connectivity index (χ3n) is 5.74. The van der Waals surface area contributed by atoms with Crippen molar-refractivity contribution in [1.82, 2.24) is 5.32 Å². The topological polar surface area (TPSA) is 123 Å². The first-order valence-corrected chi connectivity index (χ1v) is 13.3. The molecule has 1 heterocycles. The van der Waals surface area contributed by atoms with E-state index in [9.17, 15) is 19.2 Å². The maximum Gasteiger partial charge on any atom is 0.335 e. The van der Waals surface area contributed by atoms with Gasteiger partial charge in [-0.25, -0.2) is 9.69 Å². The molecule has 0 saturated carbocycles. The van der Waals surface area contributed by atoms with Gasteiger partial charge in [0.2, 0.25) is 0 Å². The Morgan fingerprint density at radius 3 is 2.51 bits per heavy atom. The fraction of sp³-hybridized carbons (Fsp3) is 0.200. The molecule has 0 atom stereocenters. The molecule has 1 saturated heterocycles. The highest BCUT2D eigenvalue weighted by Gasteiger charge is 2.37. The van der Waals surface area contributed by atoms with E-state index in [-0.39, 0.29) is 17.9 Å². The number of amides is 5. The van der Waals surface area contributed by atoms with E-state index in [2.05, 4.69) is 10.6 Å². The van der Waals surface area contributed by atoms with Crippen molar-refractivity contribution in [2.75, 3.05) is 30.0 Å². The van der Waals surface area contributed by atoms with Crippen molar-refractivity contribution in [3.05, 3.63) is 82.9 Å². The number of nitrogens with one attached hydrogen (secondary N) is 2. The summed E-state index contributed by atoms with van der Waals surface area (Å²) in [7, 11) is 0. The van der Waals surface area contributed by atoms with Gasteiger partial charge >= 0.3 is 6.03 Å². The Labute approximate surface area is 241 Å². The molecule has 1 fully saturated rings. The molecule has 0 aliphatic carbocycles. The average molecular weight is 578 g/mol. The van der Waals surface area contributed by atoms with Gasteiger partial charge in [-0.3, -0.25) is 19.7 Å². The summed E-state index contributed by atoms with van der Waals surface area (Å²) in [6.45, 7) is 4.29. The van der Waals surface area contributed by atoms with E-state index in [0.717, 1.165) is 11.3 Å². The van der Waals surface area contributed by atoms with Gasteiger partial charge in [-0.1, -0.05) is 42.8 Å². The molecule has 0 bridgehead atoms. The molecule has 10 nitrogen and oxygen atoms in total. The largest absolute Gasteiger partial charge is 0.490 e. The number of carbonyl (C=O) groups excluding carboxylic acids is 4. The highest BCUT2D eigenvalue weighted by atomic mass is 35.5. The van der Waals surface area contributed by atoms with Crippen LogP contribution in [0.4, 0.5) is 16.2 Å². The minimum Gasteiger partial charge on any atom is -0.490 e. The maximum atomic E-state index is 13.4. The molecule has 1 aliphatic rings. The lowest BCUT2D eigenvalue weighted by atomic mass is 10.1. The second-order valence-electron chi connectivity index (χ2n) is 8.76. The summed E-state index contributed by atoms with van der Waals surface area (Å²) in [6, 6.07) is 17.1. The normalized spacial score (nSPS) is 14.1. The molecular formula is C30H28ClN3O7. The standard InChI is InChI=1S/C30H28ClN3O7/c1-3-14-40-25-13-12-20(17-26(25)39-4-2)34-29(37)22(28(36)33-30(34)38)16-19-8-7-9-21(15-19)41-18-27(35)32-24-11-6-5-10-23(24)31/h5-13,15-17H,3-4,14,18H2,1-2H3,(H,32,35)(H,33,36,38)/b22-16+. The van der Waals surface area contributed by atoms with Crippen LogP contribution in [-0.4, -0.2) is 43.6 Å². The number of para-hydroxylation sites is 1. The average Bonchev–Trinajstić information content (AvgIpc) is 2.95. The minimum absolute atomic E-state index is 0.208. The second kappa shape index (κ2) is 13.5. The van der Waals surface area contributed by atoms with E-state index in [4.69, 9.17) is 25.8 Å². The molecule has 41 heavy (non-hydrogen) atoms. The predicted octanol–water partition coefficient (Wildman–Crippen LogP) is 5.21. The van der Waals surface area contributed by atoms with Crippen molar-refractivity contribution in [3.63, 3.8) is 0 Å². The Kier molecular flexibility index (Phi) is 9.60. The molecule has 4 rings (SSSR count). The Morgan fingerprint density at radius 2 is 1.76 bits per heavy atom. The summed E-state index contributed by atoms with van der Waals surface area (Å²) in [6.07, 6.45) is 2.13. The lowest BCUT2D eigenvalue weighted by Gasteiger charge is -2.27. The van der Waals surface area contributed by atoms with Gasteiger partial charge in [-0.05, 0) is 61.4 Å². The molecule has 1 aliphatic heterocycles. The Morgan fingerprint density at radius 1 is 0.951 bits per heavy atom. The second-order valence-corrected chi connectivity index (χ2v) is 9.17. The van der Waals surface area contributed by atoms with Crippen LogP contribution < -0.4 is 29.7 Å². The van der Waals surface area contributed by atoms with Crippen molar-refractivity contribution in [3.8, 4) is 17.2 Å². The van der Waals surface area contributed by atoms with E-state index >= 15 is 0 Å². The van der Waals surface area contributed by atoms with E-state index in [1.807, 2.05) is 6.92 Å². The van der Waals surface area contributed by atoms with Crippen LogP contribution >= 0.6 is 11.6 Å². The van der Waals surface area contributed by atoms with Crippen molar-refractivity contribution in [2.45, 2.75) is 20.3 Å². The summed E-state index contributed by atoms with van der Waals surface area (Å²) >= 11 is 6.07. The van der Waals surface area contributed by atoms with E-state index < -0.39 is 23.8 Å². The van der Waals surface area contributed by atoms with Gasteiger partial charge in [0.1, 0.15) is 11.3 Å². The van der Waals surface area contributed by atoms with Crippen LogP contribution in [0.2, 0.25) is 5.02 Å². The molecule has 11 heteroatoms. The number of nitrogens with zero attached hydrogens (tertiary/aromatic N) is 1. The Bertz CT molecular complexity index is 1500. The summed E-state index contributed by atoms with van der Waals surface area (Å²) in [5, 5.41) is 5.26. The molecule has 0 unspecified atom stereocenters. The SMILES string of the molecule is CCCOc1ccc(N2C(=O)NC(=O)/C(=C\c3cccc(OCC(=O)Nc4ccccc4Cl)c3)C2=O)cc1OCC. The molecule has 0 spiro atoms. The number of barbiturate groups is 1. The van der Waals surface area contributed by atoms with Gasteiger partial charge in [0.25, 0.3) is 17.7 Å². The number of ether oxygens (including phenoxy) is 3. The quantitative estimate of drug-likeness (QED) is 0.237. The third kappa shape index (κ3) is 7.23. The molecule has 2 N–H and O–H groups in total. The summed E-state index contributed by atoms with van der Waals surface area (Å²) < 4.78 is 16.9. The van der Waals surface area contributed by atoms with Gasteiger partial charge in [0, 0.05) is 6.07 Å². The number of hydrogen-bond acceptors (Lipinski definition) is 7. The maximum absolute atomic E-state index is 13.4. The fourth-order valence-corrected chi connectivity index (χ4v) is 4.07. The summed E-state index contributed by atoms with van der Waals surface area (Å²) in [5.41, 5.74) is 0.848. The lowest BCUT2D eigenvalue weighted by molar-refractivity contribution is -0.122. The van der Waals surface area contributed by atoms with Crippen LogP contribution in [0.15, 0.2) is 72.3 Å². The highest BCUT2D eigenvalue weighted by molar-refractivity contribution is 6.39. The van der Waals surface area contributed by atoms with Crippen LogP contribution in [0, 0.1) is 0 Å². The van der Waals surface area contributed by atoms with Crippen LogP contribution in [0.5, 0.6) is 17.2 Å². The minimum atomic E-state index is -0.886. The first-order chi connectivity index (χ1) is 19.8. The Hall–Kier alpha value is -4.83. The molecule has 212 valence electrons. The molecule has 0 aromatic heterocycles. The van der Waals surface area contributed by atoms with Crippen molar-refractivity contribution >= 4 is 52.8 Å². The third-order valence-corrected chi connectivity index (χ3v) is 6.07. The number of benzene rings is 3. The van der Waals surface area contributed by atoms with Gasteiger partial charge in [-0.2, -0.15) is 0 Å². The van der Waals surface area contributed by atoms with Crippen LogP contribution in [-0.2, 0) is 14.4 Å². The number of imide groups is 2. The zero-order chi connectivity index (χ0) is 29.4. The van der Waals surface area contributed by atoms with Crippen LogP contribution in [0.3, 0.4) is 0 Å². The number of anilines is 2. The zero-order valence-corrected chi connectivity index (χ0v) is 23.2. The predicted molar refractivity (Wildman–Crippen MR) is 154 cm³/mol. The summed E-state index contributed by atoms with van der Waals surface area (Å²) in [4.78, 5) is 51.9. The van der Waals surface area contributed by atoms with E-state index in [1.165, 1.54) is 12.1 Å². The van der Waals surface area contributed by atoms with Gasteiger partial charge in [-0.15, -0.1) is 0 Å². The van der Waals surface area contributed by atoms with Crippen LogP contribution in [0.1, 0.15) is 25.8 Å². The molecule has 5 amide bonds. The lowest BCUT2D eigenvalue weighted by Crippen LogP contribution is -2.54. The molecular weight excluding hydrogens is 550 g/mol. The zero-order valence-electron chi connectivity index (χ0n) is 22.4. The number of urea groups is 1. The number of rotatable bonds is 11. The molecule has 3 aromatic rings. The summed E-state index contributed by atoms with van der Waals surface area (Å²) in [5.74, 6) is -0.899.